The van der Waals surface area contributed by atoms with Crippen LogP contribution in [-0.4, -0.2) is 36.0 Å². The molecule has 2 rings (SSSR count). The molecule has 5 nitrogen and oxygen atoms in total. The van der Waals surface area contributed by atoms with Gasteiger partial charge in [-0.05, 0) is 41.7 Å². The van der Waals surface area contributed by atoms with E-state index in [1.165, 1.54) is 4.31 Å². The van der Waals surface area contributed by atoms with Gasteiger partial charge in [-0.15, -0.1) is 0 Å². The molecule has 0 radical (unpaired) electrons. The van der Waals surface area contributed by atoms with E-state index in [2.05, 4.69) is 18.8 Å². The molecule has 130 valence electrons. The van der Waals surface area contributed by atoms with Gasteiger partial charge in [0, 0.05) is 25.5 Å². The van der Waals surface area contributed by atoms with Crippen LogP contribution in [0.4, 0.5) is 0 Å². The van der Waals surface area contributed by atoms with Crippen molar-refractivity contribution < 1.29 is 13.5 Å². The smallest absolute Gasteiger partial charge is 0.243 e. The van der Waals surface area contributed by atoms with Crippen molar-refractivity contribution in [3.8, 4) is 0 Å². The number of hydrogen-bond acceptors (Lipinski definition) is 4. The molecule has 0 aliphatic rings. The highest BCUT2D eigenvalue weighted by Gasteiger charge is 2.24. The van der Waals surface area contributed by atoms with Gasteiger partial charge in [0.1, 0.15) is 0 Å². The van der Waals surface area contributed by atoms with Gasteiger partial charge in [-0.25, -0.2) is 8.42 Å². The van der Waals surface area contributed by atoms with Crippen molar-refractivity contribution >= 4 is 10.0 Å². The van der Waals surface area contributed by atoms with Crippen molar-refractivity contribution in [3.63, 3.8) is 0 Å². The number of hydrogen-bond donors (Lipinski definition) is 1. The van der Waals surface area contributed by atoms with Crippen molar-refractivity contribution in [2.24, 2.45) is 0 Å². The maximum atomic E-state index is 12.9. The normalized spacial score (nSPS) is 13.2. The number of rotatable bonds is 8. The summed E-state index contributed by atoms with van der Waals surface area (Å²) in [4.78, 5) is 4.25. The molecule has 0 aliphatic carbocycles. The van der Waals surface area contributed by atoms with Gasteiger partial charge in [0.15, 0.2) is 0 Å². The Bertz CT molecular complexity index is 731. The van der Waals surface area contributed by atoms with Gasteiger partial charge in [-0.3, -0.25) is 4.98 Å². The van der Waals surface area contributed by atoms with Gasteiger partial charge in [-0.2, -0.15) is 4.31 Å². The highest BCUT2D eigenvalue weighted by molar-refractivity contribution is 7.89. The van der Waals surface area contributed by atoms with E-state index in [4.69, 9.17) is 0 Å². The number of pyridine rings is 1. The second-order valence-electron chi connectivity index (χ2n) is 5.80. The molecule has 6 heteroatoms. The number of aliphatic hydroxyl groups is 1. The summed E-state index contributed by atoms with van der Waals surface area (Å²) in [6.07, 6.45) is 4.28. The van der Waals surface area contributed by atoms with Gasteiger partial charge in [-0.1, -0.05) is 32.0 Å². The monoisotopic (exact) mass is 348 g/mol. The minimum absolute atomic E-state index is 0.0460. The molecule has 0 aliphatic heterocycles. The van der Waals surface area contributed by atoms with E-state index in [0.717, 1.165) is 17.5 Å². The fraction of sp³-hybridized carbons (Fsp3) is 0.389. The van der Waals surface area contributed by atoms with Gasteiger partial charge >= 0.3 is 0 Å². The average molecular weight is 348 g/mol. The third-order valence-corrected chi connectivity index (χ3v) is 5.99. The minimum atomic E-state index is -3.67. The van der Waals surface area contributed by atoms with Crippen LogP contribution >= 0.6 is 0 Å². The van der Waals surface area contributed by atoms with E-state index >= 15 is 0 Å². The lowest BCUT2D eigenvalue weighted by Gasteiger charge is -2.21. The number of benzene rings is 1. The SMILES string of the molecule is CCC(C)c1ccc(S(=O)(=O)N(CCO)Cc2cccnc2)cc1. The van der Waals surface area contributed by atoms with E-state index < -0.39 is 10.0 Å². The van der Waals surface area contributed by atoms with Crippen LogP contribution in [0.25, 0.3) is 0 Å². The first-order valence-electron chi connectivity index (χ1n) is 8.09. The molecule has 0 amide bonds. The van der Waals surface area contributed by atoms with Crippen LogP contribution in [0.15, 0.2) is 53.7 Å². The van der Waals surface area contributed by atoms with Crippen LogP contribution in [0.3, 0.4) is 0 Å². The summed E-state index contributed by atoms with van der Waals surface area (Å²) in [5, 5.41) is 9.25. The Labute approximate surface area is 144 Å². The summed E-state index contributed by atoms with van der Waals surface area (Å²) in [5.74, 6) is 0.394. The number of nitrogens with zero attached hydrogens (tertiary/aromatic N) is 2. The highest BCUT2D eigenvalue weighted by Crippen LogP contribution is 2.23. The molecule has 1 aromatic heterocycles. The zero-order valence-corrected chi connectivity index (χ0v) is 14.9. The molecule has 0 bridgehead atoms. The van der Waals surface area contributed by atoms with Gasteiger partial charge < -0.3 is 5.11 Å². The summed E-state index contributed by atoms with van der Waals surface area (Å²) in [6, 6.07) is 10.6. The molecule has 24 heavy (non-hydrogen) atoms. The first-order valence-corrected chi connectivity index (χ1v) is 9.53. The molecule has 0 saturated heterocycles. The standard InChI is InChI=1S/C18H24N2O3S/c1-3-15(2)17-6-8-18(9-7-17)24(22,23)20(11-12-21)14-16-5-4-10-19-13-16/h4-10,13,15,21H,3,11-12,14H2,1-2H3. The van der Waals surface area contributed by atoms with Crippen molar-refractivity contribution in [1.82, 2.24) is 9.29 Å². The maximum Gasteiger partial charge on any atom is 0.243 e. The lowest BCUT2D eigenvalue weighted by atomic mass is 9.99. The minimum Gasteiger partial charge on any atom is -0.395 e. The van der Waals surface area contributed by atoms with Crippen LogP contribution in [0.1, 0.15) is 37.3 Å². The van der Waals surface area contributed by atoms with E-state index in [9.17, 15) is 13.5 Å². The Hall–Kier alpha value is -1.76. The number of sulfonamides is 1. The molecule has 1 N–H and O–H groups in total. The summed E-state index contributed by atoms with van der Waals surface area (Å²) in [7, 11) is -3.67. The Morgan fingerprint density at radius 2 is 1.92 bits per heavy atom. The molecule has 1 unspecified atom stereocenters. The molecule has 0 fully saturated rings. The van der Waals surface area contributed by atoms with Crippen LogP contribution in [0.2, 0.25) is 0 Å². The lowest BCUT2D eigenvalue weighted by Crippen LogP contribution is -2.33. The van der Waals surface area contributed by atoms with Gasteiger partial charge in [0.2, 0.25) is 10.0 Å². The zero-order chi connectivity index (χ0) is 17.6. The van der Waals surface area contributed by atoms with Crippen LogP contribution in [0, 0.1) is 0 Å². The predicted octanol–water partition coefficient (Wildman–Crippen LogP) is 2.78. The Morgan fingerprint density at radius 1 is 1.21 bits per heavy atom. The summed E-state index contributed by atoms with van der Waals surface area (Å²) in [5.41, 5.74) is 1.91. The second kappa shape index (κ2) is 8.37. The number of aliphatic hydroxyl groups excluding tert-OH is 1. The fourth-order valence-corrected chi connectivity index (χ4v) is 3.86. The molecule has 0 spiro atoms. The van der Waals surface area contributed by atoms with Crippen LogP contribution in [0.5, 0.6) is 0 Å². The Kier molecular flexibility index (Phi) is 6.48. The van der Waals surface area contributed by atoms with E-state index in [-0.39, 0.29) is 24.6 Å². The summed E-state index contributed by atoms with van der Waals surface area (Å²) in [6.45, 7) is 4.22. The first kappa shape index (κ1) is 18.6. The Morgan fingerprint density at radius 3 is 2.46 bits per heavy atom. The predicted molar refractivity (Wildman–Crippen MR) is 94.1 cm³/mol. The summed E-state index contributed by atoms with van der Waals surface area (Å²) < 4.78 is 27.0. The quantitative estimate of drug-likeness (QED) is 0.796. The number of aromatic nitrogens is 1. The third-order valence-electron chi connectivity index (χ3n) is 4.13. The molecular formula is C18H24N2O3S. The maximum absolute atomic E-state index is 12.9. The van der Waals surface area contributed by atoms with E-state index in [0.29, 0.717) is 5.92 Å². The molecule has 1 atom stereocenters. The largest absolute Gasteiger partial charge is 0.395 e. The van der Waals surface area contributed by atoms with Gasteiger partial charge in [0.05, 0.1) is 11.5 Å². The molecule has 1 aromatic carbocycles. The van der Waals surface area contributed by atoms with E-state index in [1.54, 1.807) is 30.6 Å². The topological polar surface area (TPSA) is 70.5 Å². The van der Waals surface area contributed by atoms with Crippen molar-refractivity contribution in [2.75, 3.05) is 13.2 Å². The van der Waals surface area contributed by atoms with E-state index in [1.807, 2.05) is 18.2 Å². The average Bonchev–Trinajstić information content (AvgIpc) is 2.61. The highest BCUT2D eigenvalue weighted by atomic mass is 32.2. The van der Waals surface area contributed by atoms with Crippen molar-refractivity contribution in [1.29, 1.82) is 0 Å². The molecule has 0 saturated carbocycles. The zero-order valence-electron chi connectivity index (χ0n) is 14.1. The fourth-order valence-electron chi connectivity index (χ4n) is 2.44. The third kappa shape index (κ3) is 4.41. The van der Waals surface area contributed by atoms with Crippen molar-refractivity contribution in [2.45, 2.75) is 37.6 Å². The van der Waals surface area contributed by atoms with Crippen molar-refractivity contribution in [3.05, 3.63) is 59.9 Å². The van der Waals surface area contributed by atoms with Crippen LogP contribution in [-0.2, 0) is 16.6 Å². The van der Waals surface area contributed by atoms with Gasteiger partial charge in [0.25, 0.3) is 0 Å². The van der Waals surface area contributed by atoms with Crippen LogP contribution < -0.4 is 0 Å². The first-order chi connectivity index (χ1) is 11.5. The lowest BCUT2D eigenvalue weighted by molar-refractivity contribution is 0.251. The Balaban J connectivity index is 2.27. The second-order valence-corrected chi connectivity index (χ2v) is 7.74. The molecule has 2 aromatic rings. The summed E-state index contributed by atoms with van der Waals surface area (Å²) >= 11 is 0. The molecule has 1 heterocycles. The molecular weight excluding hydrogens is 324 g/mol.